The lowest BCUT2D eigenvalue weighted by Gasteiger charge is -2.27. The lowest BCUT2D eigenvalue weighted by molar-refractivity contribution is -0.139. The molecule has 2 aromatic carbocycles. The number of carbonyl (C=O) groups excluding carboxylic acids is 2. The Morgan fingerprint density at radius 2 is 1.44 bits per heavy atom. The van der Waals surface area contributed by atoms with Crippen molar-refractivity contribution in [2.75, 3.05) is 0 Å². The molecule has 4 nitrogen and oxygen atoms in total. The zero-order valence-electron chi connectivity index (χ0n) is 14.1. The summed E-state index contributed by atoms with van der Waals surface area (Å²) in [5, 5.41) is 4.13. The number of rotatable bonds is 6. The number of nitrogens with one attached hydrogen (secondary N) is 1. The van der Waals surface area contributed by atoms with Crippen LogP contribution in [0.1, 0.15) is 25.0 Å². The van der Waals surface area contributed by atoms with Gasteiger partial charge in [-0.1, -0.05) is 47.5 Å². The van der Waals surface area contributed by atoms with E-state index in [1.165, 1.54) is 11.8 Å². The van der Waals surface area contributed by atoms with Crippen molar-refractivity contribution in [1.29, 1.82) is 0 Å². The maximum Gasteiger partial charge on any atom is 0.242 e. The zero-order valence-corrected chi connectivity index (χ0v) is 15.6. The van der Waals surface area contributed by atoms with Gasteiger partial charge in [0, 0.05) is 30.1 Å². The number of nitrogens with zero attached hydrogens (tertiary/aromatic N) is 1. The van der Waals surface area contributed by atoms with Crippen LogP contribution in [0.25, 0.3) is 0 Å². The number of carbonyl (C=O) groups is 2. The SMILES string of the molecule is CC(=O)N(Cc1ccc(Cl)cc1)C(C)C(=O)NCc1ccc(Cl)cc1. The van der Waals surface area contributed by atoms with Crippen molar-refractivity contribution in [3.05, 3.63) is 69.7 Å². The van der Waals surface area contributed by atoms with Crippen LogP contribution in [-0.4, -0.2) is 22.8 Å². The minimum Gasteiger partial charge on any atom is -0.350 e. The molecule has 2 rings (SSSR count). The molecular formula is C19H20Cl2N2O2. The van der Waals surface area contributed by atoms with E-state index in [9.17, 15) is 9.59 Å². The van der Waals surface area contributed by atoms with E-state index in [0.717, 1.165) is 11.1 Å². The van der Waals surface area contributed by atoms with Crippen molar-refractivity contribution in [3.8, 4) is 0 Å². The molecule has 1 unspecified atom stereocenters. The molecule has 6 heteroatoms. The number of benzene rings is 2. The minimum atomic E-state index is -0.583. The van der Waals surface area contributed by atoms with Crippen LogP contribution < -0.4 is 5.32 Å². The molecule has 0 aliphatic rings. The van der Waals surface area contributed by atoms with E-state index in [1.54, 1.807) is 31.2 Å². The number of halogens is 2. The fourth-order valence-electron chi connectivity index (χ4n) is 2.39. The number of amides is 2. The Morgan fingerprint density at radius 1 is 0.960 bits per heavy atom. The molecule has 0 saturated carbocycles. The fraction of sp³-hybridized carbons (Fsp3) is 0.263. The predicted octanol–water partition coefficient (Wildman–Crippen LogP) is 4.05. The van der Waals surface area contributed by atoms with E-state index in [1.807, 2.05) is 24.3 Å². The van der Waals surface area contributed by atoms with E-state index in [0.29, 0.717) is 23.1 Å². The van der Waals surface area contributed by atoms with Gasteiger partial charge in [-0.05, 0) is 42.3 Å². The van der Waals surface area contributed by atoms with Gasteiger partial charge in [-0.2, -0.15) is 0 Å². The molecule has 1 atom stereocenters. The lowest BCUT2D eigenvalue weighted by Crippen LogP contribution is -2.46. The molecule has 0 fully saturated rings. The Balaban J connectivity index is 1.99. The summed E-state index contributed by atoms with van der Waals surface area (Å²) in [7, 11) is 0. The van der Waals surface area contributed by atoms with Crippen molar-refractivity contribution < 1.29 is 9.59 Å². The van der Waals surface area contributed by atoms with Crippen molar-refractivity contribution in [1.82, 2.24) is 10.2 Å². The summed E-state index contributed by atoms with van der Waals surface area (Å²) in [6.45, 7) is 3.91. The molecule has 0 aromatic heterocycles. The molecule has 2 aromatic rings. The average molecular weight is 379 g/mol. The number of hydrogen-bond acceptors (Lipinski definition) is 2. The molecule has 1 N–H and O–H groups in total. The van der Waals surface area contributed by atoms with Gasteiger partial charge in [0.25, 0.3) is 0 Å². The van der Waals surface area contributed by atoms with Gasteiger partial charge in [0.2, 0.25) is 11.8 Å². The Labute approximate surface area is 157 Å². The maximum absolute atomic E-state index is 12.4. The molecule has 0 bridgehead atoms. The highest BCUT2D eigenvalue weighted by molar-refractivity contribution is 6.30. The highest BCUT2D eigenvalue weighted by Gasteiger charge is 2.23. The standard InChI is InChI=1S/C19H20Cl2N2O2/c1-13(19(25)22-11-15-3-7-17(20)8-4-15)23(14(2)24)12-16-5-9-18(21)10-6-16/h3-10,13H,11-12H2,1-2H3,(H,22,25). The summed E-state index contributed by atoms with van der Waals surface area (Å²) in [6.07, 6.45) is 0. The van der Waals surface area contributed by atoms with E-state index >= 15 is 0 Å². The molecule has 2 amide bonds. The average Bonchev–Trinajstić information content (AvgIpc) is 2.59. The van der Waals surface area contributed by atoms with E-state index in [2.05, 4.69) is 5.32 Å². The summed E-state index contributed by atoms with van der Waals surface area (Å²) >= 11 is 11.7. The van der Waals surface area contributed by atoms with Crippen molar-refractivity contribution >= 4 is 35.0 Å². The molecule has 132 valence electrons. The molecular weight excluding hydrogens is 359 g/mol. The van der Waals surface area contributed by atoms with Gasteiger partial charge in [-0.3, -0.25) is 9.59 Å². The lowest BCUT2D eigenvalue weighted by atomic mass is 10.1. The molecule has 25 heavy (non-hydrogen) atoms. The third kappa shape index (κ3) is 5.76. The summed E-state index contributed by atoms with van der Waals surface area (Å²) in [4.78, 5) is 25.9. The smallest absolute Gasteiger partial charge is 0.242 e. The second-order valence-electron chi connectivity index (χ2n) is 5.79. The highest BCUT2D eigenvalue weighted by Crippen LogP contribution is 2.14. The third-order valence-corrected chi connectivity index (χ3v) is 4.40. The number of hydrogen-bond donors (Lipinski definition) is 1. The summed E-state index contributed by atoms with van der Waals surface area (Å²) < 4.78 is 0. The quantitative estimate of drug-likeness (QED) is 0.823. The second-order valence-corrected chi connectivity index (χ2v) is 6.67. The first kappa shape index (κ1) is 19.3. The van der Waals surface area contributed by atoms with Gasteiger partial charge < -0.3 is 10.2 Å². The van der Waals surface area contributed by atoms with Crippen LogP contribution in [0, 0.1) is 0 Å². The van der Waals surface area contributed by atoms with Gasteiger partial charge in [0.05, 0.1) is 0 Å². The van der Waals surface area contributed by atoms with Gasteiger partial charge in [-0.15, -0.1) is 0 Å². The van der Waals surface area contributed by atoms with Crippen molar-refractivity contribution in [3.63, 3.8) is 0 Å². The first-order valence-corrected chi connectivity index (χ1v) is 8.66. The van der Waals surface area contributed by atoms with E-state index < -0.39 is 6.04 Å². The summed E-state index contributed by atoms with van der Waals surface area (Å²) in [5.74, 6) is -0.372. The Hall–Kier alpha value is -2.04. The molecule has 0 spiro atoms. The fourth-order valence-corrected chi connectivity index (χ4v) is 2.64. The maximum atomic E-state index is 12.4. The van der Waals surface area contributed by atoms with E-state index in [-0.39, 0.29) is 11.8 Å². The molecule has 0 radical (unpaired) electrons. The topological polar surface area (TPSA) is 49.4 Å². The largest absolute Gasteiger partial charge is 0.350 e. The van der Waals surface area contributed by atoms with Crippen LogP contribution in [0.2, 0.25) is 10.0 Å². The van der Waals surface area contributed by atoms with Crippen LogP contribution in [0.4, 0.5) is 0 Å². The molecule has 0 heterocycles. The van der Waals surface area contributed by atoms with Crippen molar-refractivity contribution in [2.45, 2.75) is 33.0 Å². The second kappa shape index (κ2) is 8.88. The van der Waals surface area contributed by atoms with Crippen molar-refractivity contribution in [2.24, 2.45) is 0 Å². The van der Waals surface area contributed by atoms with Crippen LogP contribution in [0.5, 0.6) is 0 Å². The highest BCUT2D eigenvalue weighted by atomic mass is 35.5. The first-order valence-electron chi connectivity index (χ1n) is 7.90. The summed E-state index contributed by atoms with van der Waals surface area (Å²) in [5.41, 5.74) is 1.86. The molecule has 0 saturated heterocycles. The van der Waals surface area contributed by atoms with Gasteiger partial charge >= 0.3 is 0 Å². The molecule has 0 aliphatic carbocycles. The van der Waals surface area contributed by atoms with Gasteiger partial charge in [0.15, 0.2) is 0 Å². The predicted molar refractivity (Wildman–Crippen MR) is 100 cm³/mol. The van der Waals surface area contributed by atoms with Crippen LogP contribution in [0.15, 0.2) is 48.5 Å². The third-order valence-electron chi connectivity index (χ3n) is 3.90. The first-order chi connectivity index (χ1) is 11.9. The van der Waals surface area contributed by atoms with Gasteiger partial charge in [0.1, 0.15) is 6.04 Å². The normalized spacial score (nSPS) is 11.7. The Bertz CT molecular complexity index is 730. The minimum absolute atomic E-state index is 0.163. The zero-order chi connectivity index (χ0) is 18.4. The van der Waals surface area contributed by atoms with E-state index in [4.69, 9.17) is 23.2 Å². The Morgan fingerprint density at radius 3 is 1.92 bits per heavy atom. The summed E-state index contributed by atoms with van der Waals surface area (Å²) in [6, 6.07) is 13.9. The monoisotopic (exact) mass is 378 g/mol. The van der Waals surface area contributed by atoms with Gasteiger partial charge in [-0.25, -0.2) is 0 Å². The van der Waals surface area contributed by atoms with Crippen LogP contribution in [0.3, 0.4) is 0 Å². The van der Waals surface area contributed by atoms with Crippen LogP contribution >= 0.6 is 23.2 Å². The van der Waals surface area contributed by atoms with Crippen LogP contribution in [-0.2, 0) is 22.7 Å². The Kier molecular flexibility index (Phi) is 6.85. The molecule has 0 aliphatic heterocycles.